The third-order valence-electron chi connectivity index (χ3n) is 3.64. The fourth-order valence-corrected chi connectivity index (χ4v) is 2.60. The molecule has 1 heterocycles. The highest BCUT2D eigenvalue weighted by molar-refractivity contribution is 5.94. The van der Waals surface area contributed by atoms with Crippen LogP contribution in [0.3, 0.4) is 0 Å². The molecule has 1 atom stereocenters. The Bertz CT molecular complexity index is 529. The topological polar surface area (TPSA) is 67.6 Å². The first-order chi connectivity index (χ1) is 10.1. The predicted octanol–water partition coefficient (Wildman–Crippen LogP) is 0.891. The molecule has 1 N–H and O–H groups in total. The predicted molar refractivity (Wildman–Crippen MR) is 79.8 cm³/mol. The van der Waals surface area contributed by atoms with E-state index in [1.54, 1.807) is 19.1 Å². The van der Waals surface area contributed by atoms with Gasteiger partial charge in [0.2, 0.25) is 0 Å². The van der Waals surface area contributed by atoms with Crippen LogP contribution >= 0.6 is 0 Å². The van der Waals surface area contributed by atoms with Crippen LogP contribution in [0.5, 0.6) is 0 Å². The molecule has 0 saturated carbocycles. The maximum atomic E-state index is 12.5. The molecule has 0 spiro atoms. The standard InChI is InChI=1S/C16H21N3O2/c1-13(20)12-18-7-9-19(10-8-18)16(21)15-4-2-3-14(11-15)5-6-17/h2-4,11,13,20H,5,7-10,12H2,1H3/t13-/m0/s1. The normalized spacial score (nSPS) is 17.3. The molecule has 1 aliphatic rings. The molecule has 1 fully saturated rings. The van der Waals surface area contributed by atoms with Gasteiger partial charge in [-0.2, -0.15) is 5.26 Å². The van der Waals surface area contributed by atoms with Gasteiger partial charge in [0.1, 0.15) is 0 Å². The lowest BCUT2D eigenvalue weighted by atomic mass is 10.1. The molecular formula is C16H21N3O2. The number of nitriles is 1. The fourth-order valence-electron chi connectivity index (χ4n) is 2.60. The van der Waals surface area contributed by atoms with Gasteiger partial charge in [-0.25, -0.2) is 0 Å². The van der Waals surface area contributed by atoms with E-state index >= 15 is 0 Å². The molecular weight excluding hydrogens is 266 g/mol. The number of amides is 1. The molecule has 0 aliphatic carbocycles. The smallest absolute Gasteiger partial charge is 0.253 e. The first-order valence-corrected chi connectivity index (χ1v) is 7.25. The van der Waals surface area contributed by atoms with Crippen LogP contribution in [0.4, 0.5) is 0 Å². The Balaban J connectivity index is 1.96. The summed E-state index contributed by atoms with van der Waals surface area (Å²) in [6.07, 6.45) is -0.0153. The zero-order valence-corrected chi connectivity index (χ0v) is 12.3. The molecule has 1 saturated heterocycles. The van der Waals surface area contributed by atoms with Gasteiger partial charge in [0, 0.05) is 38.3 Å². The lowest BCUT2D eigenvalue weighted by molar-refractivity contribution is 0.0554. The fraction of sp³-hybridized carbons (Fsp3) is 0.500. The summed E-state index contributed by atoms with van der Waals surface area (Å²) in [5.41, 5.74) is 1.52. The number of benzene rings is 1. The number of rotatable bonds is 4. The SMILES string of the molecule is C[C@H](O)CN1CCN(C(=O)c2cccc(CC#N)c2)CC1. The van der Waals surface area contributed by atoms with Gasteiger partial charge in [0.05, 0.1) is 18.6 Å². The second-order valence-electron chi connectivity index (χ2n) is 5.48. The summed E-state index contributed by atoms with van der Waals surface area (Å²) in [6, 6.07) is 9.38. The molecule has 0 aromatic heterocycles. The van der Waals surface area contributed by atoms with E-state index in [-0.39, 0.29) is 12.0 Å². The monoisotopic (exact) mass is 287 g/mol. The quantitative estimate of drug-likeness (QED) is 0.893. The molecule has 5 heteroatoms. The zero-order valence-electron chi connectivity index (χ0n) is 12.3. The zero-order chi connectivity index (χ0) is 15.2. The van der Waals surface area contributed by atoms with Gasteiger partial charge in [-0.3, -0.25) is 9.69 Å². The Morgan fingerprint density at radius 3 is 2.71 bits per heavy atom. The van der Waals surface area contributed by atoms with Crippen LogP contribution in [0.25, 0.3) is 0 Å². The van der Waals surface area contributed by atoms with E-state index in [1.807, 2.05) is 17.0 Å². The van der Waals surface area contributed by atoms with E-state index in [9.17, 15) is 9.90 Å². The molecule has 0 radical (unpaired) electrons. The van der Waals surface area contributed by atoms with E-state index in [0.29, 0.717) is 31.6 Å². The molecule has 1 amide bonds. The van der Waals surface area contributed by atoms with Crippen molar-refractivity contribution in [2.45, 2.75) is 19.4 Å². The molecule has 5 nitrogen and oxygen atoms in total. The van der Waals surface area contributed by atoms with Crippen molar-refractivity contribution < 1.29 is 9.90 Å². The Morgan fingerprint density at radius 1 is 1.38 bits per heavy atom. The lowest BCUT2D eigenvalue weighted by Gasteiger charge is -2.35. The first-order valence-electron chi connectivity index (χ1n) is 7.25. The average Bonchev–Trinajstić information content (AvgIpc) is 2.47. The summed E-state index contributed by atoms with van der Waals surface area (Å²) in [6.45, 7) is 5.35. The van der Waals surface area contributed by atoms with Crippen molar-refractivity contribution in [2.75, 3.05) is 32.7 Å². The van der Waals surface area contributed by atoms with Crippen molar-refractivity contribution in [2.24, 2.45) is 0 Å². The second kappa shape index (κ2) is 7.21. The molecule has 2 rings (SSSR count). The number of aliphatic hydroxyl groups is 1. The number of carbonyl (C=O) groups is 1. The van der Waals surface area contributed by atoms with E-state index in [0.717, 1.165) is 18.7 Å². The van der Waals surface area contributed by atoms with Crippen LogP contribution < -0.4 is 0 Å². The van der Waals surface area contributed by atoms with Gasteiger partial charge in [-0.1, -0.05) is 12.1 Å². The van der Waals surface area contributed by atoms with Gasteiger partial charge in [0.15, 0.2) is 0 Å². The van der Waals surface area contributed by atoms with Crippen molar-refractivity contribution in [3.8, 4) is 6.07 Å². The highest BCUT2D eigenvalue weighted by Gasteiger charge is 2.22. The number of piperazine rings is 1. The van der Waals surface area contributed by atoms with Gasteiger partial charge >= 0.3 is 0 Å². The third kappa shape index (κ3) is 4.28. The van der Waals surface area contributed by atoms with Crippen LogP contribution in [0.2, 0.25) is 0 Å². The lowest BCUT2D eigenvalue weighted by Crippen LogP contribution is -2.50. The highest BCUT2D eigenvalue weighted by Crippen LogP contribution is 2.11. The Morgan fingerprint density at radius 2 is 2.10 bits per heavy atom. The highest BCUT2D eigenvalue weighted by atomic mass is 16.3. The van der Waals surface area contributed by atoms with Crippen molar-refractivity contribution in [1.82, 2.24) is 9.80 Å². The number of hydrogen-bond acceptors (Lipinski definition) is 4. The van der Waals surface area contributed by atoms with Crippen LogP contribution in [-0.4, -0.2) is 59.6 Å². The Hall–Kier alpha value is -1.90. The molecule has 1 aromatic rings. The van der Waals surface area contributed by atoms with Gasteiger partial charge in [-0.15, -0.1) is 0 Å². The number of aliphatic hydroxyl groups excluding tert-OH is 1. The summed E-state index contributed by atoms with van der Waals surface area (Å²) in [4.78, 5) is 16.5. The van der Waals surface area contributed by atoms with Gasteiger partial charge in [0.25, 0.3) is 5.91 Å². The minimum atomic E-state index is -0.338. The molecule has 0 unspecified atom stereocenters. The summed E-state index contributed by atoms with van der Waals surface area (Å²) in [5.74, 6) is 0.0199. The number of nitrogens with zero attached hydrogens (tertiary/aromatic N) is 3. The molecule has 112 valence electrons. The molecule has 1 aliphatic heterocycles. The molecule has 21 heavy (non-hydrogen) atoms. The second-order valence-corrected chi connectivity index (χ2v) is 5.48. The molecule has 0 bridgehead atoms. The van der Waals surface area contributed by atoms with Crippen molar-refractivity contribution in [1.29, 1.82) is 5.26 Å². The number of hydrogen-bond donors (Lipinski definition) is 1. The summed E-state index contributed by atoms with van der Waals surface area (Å²) in [7, 11) is 0. The van der Waals surface area contributed by atoms with E-state index in [2.05, 4.69) is 11.0 Å². The van der Waals surface area contributed by atoms with Gasteiger partial charge in [-0.05, 0) is 24.6 Å². The van der Waals surface area contributed by atoms with Crippen LogP contribution in [0.15, 0.2) is 24.3 Å². The number of carbonyl (C=O) groups excluding carboxylic acids is 1. The summed E-state index contributed by atoms with van der Waals surface area (Å²) in [5, 5.41) is 18.1. The van der Waals surface area contributed by atoms with E-state index < -0.39 is 0 Å². The van der Waals surface area contributed by atoms with Crippen molar-refractivity contribution in [3.05, 3.63) is 35.4 Å². The van der Waals surface area contributed by atoms with Gasteiger partial charge < -0.3 is 10.0 Å². The van der Waals surface area contributed by atoms with Crippen LogP contribution in [0, 0.1) is 11.3 Å². The summed E-state index contributed by atoms with van der Waals surface area (Å²) >= 11 is 0. The third-order valence-corrected chi connectivity index (χ3v) is 3.64. The van der Waals surface area contributed by atoms with Crippen molar-refractivity contribution in [3.63, 3.8) is 0 Å². The van der Waals surface area contributed by atoms with E-state index in [1.165, 1.54) is 0 Å². The number of β-amino-alcohol motifs (C(OH)–C–C–N with tert-alkyl or cyclic N) is 1. The van der Waals surface area contributed by atoms with Crippen LogP contribution in [-0.2, 0) is 6.42 Å². The molecule has 1 aromatic carbocycles. The Kier molecular flexibility index (Phi) is 5.32. The minimum Gasteiger partial charge on any atom is -0.392 e. The largest absolute Gasteiger partial charge is 0.392 e. The minimum absolute atomic E-state index is 0.0199. The maximum Gasteiger partial charge on any atom is 0.253 e. The first kappa shape index (κ1) is 15.5. The summed E-state index contributed by atoms with van der Waals surface area (Å²) < 4.78 is 0. The Labute approximate surface area is 125 Å². The maximum absolute atomic E-state index is 12.5. The van der Waals surface area contributed by atoms with Crippen molar-refractivity contribution >= 4 is 5.91 Å². The average molecular weight is 287 g/mol. The van der Waals surface area contributed by atoms with Crippen LogP contribution in [0.1, 0.15) is 22.8 Å². The van der Waals surface area contributed by atoms with E-state index in [4.69, 9.17) is 5.26 Å².